The van der Waals surface area contributed by atoms with Gasteiger partial charge in [-0.05, 0) is 36.8 Å². The molecular weight excluding hydrogens is 520 g/mol. The van der Waals surface area contributed by atoms with E-state index in [2.05, 4.69) is 22.0 Å². The molecule has 38 heavy (non-hydrogen) atoms. The van der Waals surface area contributed by atoms with E-state index in [1.807, 2.05) is 36.4 Å². The van der Waals surface area contributed by atoms with Gasteiger partial charge in [0.2, 0.25) is 5.91 Å². The smallest absolute Gasteiger partial charge is 0.254 e. The van der Waals surface area contributed by atoms with Gasteiger partial charge >= 0.3 is 0 Å². The number of nitrogens with one attached hydrogen (secondary N) is 3. The zero-order chi connectivity index (χ0) is 27.1. The topological polar surface area (TPSA) is 103 Å². The highest BCUT2D eigenvalue weighted by Crippen LogP contribution is 2.41. The molecule has 0 saturated carbocycles. The van der Waals surface area contributed by atoms with Crippen molar-refractivity contribution in [3.63, 3.8) is 0 Å². The van der Waals surface area contributed by atoms with Gasteiger partial charge in [0.15, 0.2) is 0 Å². The van der Waals surface area contributed by atoms with Crippen molar-refractivity contribution in [3.8, 4) is 11.8 Å². The number of thioether (sulfide) groups is 1. The quantitative estimate of drug-likeness (QED) is 0.319. The monoisotopic (exact) mass is 544 g/mol. The van der Waals surface area contributed by atoms with Crippen LogP contribution >= 0.6 is 23.4 Å². The van der Waals surface area contributed by atoms with Crippen LogP contribution in [0.5, 0.6) is 5.75 Å². The third-order valence-electron chi connectivity index (χ3n) is 5.88. The van der Waals surface area contributed by atoms with Gasteiger partial charge in [0.1, 0.15) is 5.75 Å². The van der Waals surface area contributed by atoms with Gasteiger partial charge < -0.3 is 20.7 Å². The number of para-hydroxylation sites is 3. The van der Waals surface area contributed by atoms with E-state index in [1.165, 1.54) is 18.9 Å². The minimum Gasteiger partial charge on any atom is -0.495 e. The highest BCUT2D eigenvalue weighted by molar-refractivity contribution is 8.03. The summed E-state index contributed by atoms with van der Waals surface area (Å²) in [5.41, 5.74) is 3.16. The number of rotatable bonds is 8. The summed E-state index contributed by atoms with van der Waals surface area (Å²) in [6, 6.07) is 25.7. The SMILES string of the molecule is COc1ccccc1NC(=O)C1=C(C)NC(SCC(=O)Nc2ccccc2Cl)=C(C#N)C1c1ccccc1. The van der Waals surface area contributed by atoms with E-state index < -0.39 is 5.92 Å². The number of nitrogens with zero attached hydrogens (tertiary/aromatic N) is 1. The van der Waals surface area contributed by atoms with Crippen LogP contribution in [0.25, 0.3) is 0 Å². The van der Waals surface area contributed by atoms with Crippen LogP contribution < -0.4 is 20.7 Å². The van der Waals surface area contributed by atoms with E-state index in [-0.39, 0.29) is 17.6 Å². The Hall–Kier alpha value is -4.19. The molecule has 0 spiro atoms. The van der Waals surface area contributed by atoms with Crippen molar-refractivity contribution >= 4 is 46.6 Å². The second kappa shape index (κ2) is 12.4. The van der Waals surface area contributed by atoms with E-state index in [4.69, 9.17) is 16.3 Å². The first-order chi connectivity index (χ1) is 18.4. The second-order valence-corrected chi connectivity index (χ2v) is 9.73. The third kappa shape index (κ3) is 6.02. The van der Waals surface area contributed by atoms with Crippen molar-refractivity contribution in [3.05, 3.63) is 111 Å². The Morgan fingerprint density at radius 2 is 1.66 bits per heavy atom. The Morgan fingerprint density at radius 1 is 1.00 bits per heavy atom. The van der Waals surface area contributed by atoms with Crippen molar-refractivity contribution in [1.82, 2.24) is 5.32 Å². The number of ether oxygens (including phenoxy) is 1. The minimum absolute atomic E-state index is 0.0380. The van der Waals surface area contributed by atoms with E-state index in [0.29, 0.717) is 44.0 Å². The molecule has 1 aliphatic heterocycles. The standard InChI is InChI=1S/C29H25ClN4O3S/c1-18-26(28(36)34-23-14-8-9-15-24(23)37-2)27(19-10-4-3-5-11-19)20(16-31)29(32-18)38-17-25(35)33-22-13-7-6-12-21(22)30/h3-15,27,32H,17H2,1-2H3,(H,33,35)(H,34,36). The largest absolute Gasteiger partial charge is 0.495 e. The summed E-state index contributed by atoms with van der Waals surface area (Å²) in [4.78, 5) is 26.3. The van der Waals surface area contributed by atoms with Gasteiger partial charge in [-0.1, -0.05) is 78.0 Å². The number of methoxy groups -OCH3 is 1. The lowest BCUT2D eigenvalue weighted by molar-refractivity contribution is -0.114. The first kappa shape index (κ1) is 26.9. The molecule has 4 rings (SSSR count). The van der Waals surface area contributed by atoms with Crippen LogP contribution in [0.4, 0.5) is 11.4 Å². The molecule has 1 atom stereocenters. The number of nitriles is 1. The van der Waals surface area contributed by atoms with Crippen molar-refractivity contribution < 1.29 is 14.3 Å². The summed E-state index contributed by atoms with van der Waals surface area (Å²) in [5, 5.41) is 20.1. The molecule has 0 aliphatic carbocycles. The number of hydrogen-bond donors (Lipinski definition) is 3. The number of carbonyl (C=O) groups excluding carboxylic acids is 2. The Balaban J connectivity index is 1.63. The summed E-state index contributed by atoms with van der Waals surface area (Å²) in [6.07, 6.45) is 0. The van der Waals surface area contributed by atoms with E-state index in [9.17, 15) is 14.9 Å². The highest BCUT2D eigenvalue weighted by Gasteiger charge is 2.35. The van der Waals surface area contributed by atoms with Gasteiger partial charge in [-0.15, -0.1) is 0 Å². The Bertz CT molecular complexity index is 1460. The molecule has 192 valence electrons. The van der Waals surface area contributed by atoms with Crippen LogP contribution in [0.1, 0.15) is 18.4 Å². The zero-order valence-electron chi connectivity index (χ0n) is 20.7. The van der Waals surface area contributed by atoms with Crippen LogP contribution in [-0.2, 0) is 9.59 Å². The van der Waals surface area contributed by atoms with Crippen LogP contribution in [0.3, 0.4) is 0 Å². The number of anilines is 2. The highest BCUT2D eigenvalue weighted by atomic mass is 35.5. The molecule has 0 radical (unpaired) electrons. The number of allylic oxidation sites excluding steroid dienone is 2. The van der Waals surface area contributed by atoms with Gasteiger partial charge in [0, 0.05) is 11.3 Å². The van der Waals surface area contributed by atoms with Crippen molar-refractivity contribution in [2.45, 2.75) is 12.8 Å². The molecule has 2 amide bonds. The summed E-state index contributed by atoms with van der Waals surface area (Å²) in [5.74, 6) is -0.702. The molecular formula is C29H25ClN4O3S. The van der Waals surface area contributed by atoms with Crippen LogP contribution in [0.15, 0.2) is 101 Å². The number of hydrogen-bond acceptors (Lipinski definition) is 6. The lowest BCUT2D eigenvalue weighted by Gasteiger charge is -2.30. The van der Waals surface area contributed by atoms with Crippen LogP contribution in [0, 0.1) is 11.3 Å². The molecule has 7 nitrogen and oxygen atoms in total. The third-order valence-corrected chi connectivity index (χ3v) is 7.22. The normalized spacial score (nSPS) is 14.8. The number of amides is 2. The molecule has 9 heteroatoms. The average Bonchev–Trinajstić information content (AvgIpc) is 2.93. The van der Waals surface area contributed by atoms with Gasteiger partial charge in [-0.25, -0.2) is 0 Å². The molecule has 3 N–H and O–H groups in total. The molecule has 0 fully saturated rings. The molecule has 1 aliphatic rings. The molecule has 3 aromatic carbocycles. The van der Waals surface area contributed by atoms with E-state index in [1.54, 1.807) is 49.4 Å². The maximum absolute atomic E-state index is 13.6. The fourth-order valence-electron chi connectivity index (χ4n) is 4.13. The number of halogens is 1. The number of benzene rings is 3. The van der Waals surface area contributed by atoms with Crippen LogP contribution in [0.2, 0.25) is 5.02 Å². The summed E-state index contributed by atoms with van der Waals surface area (Å²) in [6.45, 7) is 1.78. The Labute approximate surface area is 230 Å². The van der Waals surface area contributed by atoms with Gasteiger partial charge in [0.25, 0.3) is 5.91 Å². The summed E-state index contributed by atoms with van der Waals surface area (Å²) in [7, 11) is 1.53. The molecule has 0 aromatic heterocycles. The molecule has 1 unspecified atom stereocenters. The zero-order valence-corrected chi connectivity index (χ0v) is 22.3. The van der Waals surface area contributed by atoms with E-state index >= 15 is 0 Å². The molecule has 1 heterocycles. The maximum atomic E-state index is 13.6. The molecule has 3 aromatic rings. The average molecular weight is 545 g/mol. The van der Waals surface area contributed by atoms with Crippen molar-refractivity contribution in [2.75, 3.05) is 23.5 Å². The maximum Gasteiger partial charge on any atom is 0.254 e. The van der Waals surface area contributed by atoms with Gasteiger partial charge in [-0.3, -0.25) is 9.59 Å². The summed E-state index contributed by atoms with van der Waals surface area (Å²) >= 11 is 7.35. The number of carbonyl (C=O) groups is 2. The van der Waals surface area contributed by atoms with Crippen LogP contribution in [-0.4, -0.2) is 24.7 Å². The lowest BCUT2D eigenvalue weighted by Crippen LogP contribution is -2.31. The fraction of sp³-hybridized carbons (Fsp3) is 0.138. The van der Waals surface area contributed by atoms with Gasteiger partial charge in [0.05, 0.1) is 51.8 Å². The lowest BCUT2D eigenvalue weighted by atomic mass is 9.82. The first-order valence-corrected chi connectivity index (χ1v) is 13.1. The van der Waals surface area contributed by atoms with Crippen molar-refractivity contribution in [1.29, 1.82) is 5.26 Å². The summed E-state index contributed by atoms with van der Waals surface area (Å²) < 4.78 is 5.38. The molecule has 0 bridgehead atoms. The Morgan fingerprint density at radius 3 is 2.34 bits per heavy atom. The second-order valence-electron chi connectivity index (χ2n) is 8.33. The van der Waals surface area contributed by atoms with Gasteiger partial charge in [-0.2, -0.15) is 5.26 Å². The molecule has 0 saturated heterocycles. The predicted octanol–water partition coefficient (Wildman–Crippen LogP) is 6.06. The fourth-order valence-corrected chi connectivity index (χ4v) is 5.21. The minimum atomic E-state index is -0.633. The van der Waals surface area contributed by atoms with Crippen molar-refractivity contribution in [2.24, 2.45) is 0 Å². The predicted molar refractivity (Wildman–Crippen MR) is 152 cm³/mol. The first-order valence-electron chi connectivity index (χ1n) is 11.7. The number of dihydropyridines is 1. The Kier molecular flexibility index (Phi) is 8.74. The van der Waals surface area contributed by atoms with E-state index in [0.717, 1.165) is 5.56 Å².